The zero-order valence-corrected chi connectivity index (χ0v) is 11.9. The monoisotopic (exact) mass is 261 g/mol. The number of nitrogens with zero attached hydrogens (tertiary/aromatic N) is 1. The molecule has 0 aromatic heterocycles. The normalized spacial score (nSPS) is 19.8. The van der Waals surface area contributed by atoms with Crippen LogP contribution in [-0.2, 0) is 11.2 Å². The molecule has 1 aliphatic rings. The maximum absolute atomic E-state index is 12.2. The van der Waals surface area contributed by atoms with Gasteiger partial charge in [-0.3, -0.25) is 9.69 Å². The molecule has 0 amide bonds. The van der Waals surface area contributed by atoms with Gasteiger partial charge < -0.3 is 4.74 Å². The van der Waals surface area contributed by atoms with Crippen molar-refractivity contribution in [3.63, 3.8) is 0 Å². The maximum atomic E-state index is 12.2. The largest absolute Gasteiger partial charge is 0.384 e. The first-order valence-electron chi connectivity index (χ1n) is 7.06. The van der Waals surface area contributed by atoms with Gasteiger partial charge in [0.1, 0.15) is 0 Å². The Bertz CT molecular complexity index is 413. The summed E-state index contributed by atoms with van der Waals surface area (Å²) in [6.45, 7) is 5.44. The molecule has 1 heterocycles. The van der Waals surface area contributed by atoms with Crippen molar-refractivity contribution in [2.75, 3.05) is 33.4 Å². The zero-order valence-electron chi connectivity index (χ0n) is 11.9. The van der Waals surface area contributed by atoms with Crippen LogP contribution in [0.15, 0.2) is 24.3 Å². The molecule has 0 saturated carbocycles. The van der Waals surface area contributed by atoms with E-state index in [9.17, 15) is 4.79 Å². The predicted molar refractivity (Wildman–Crippen MR) is 76.6 cm³/mol. The number of carbonyl (C=O) groups is 1. The van der Waals surface area contributed by atoms with E-state index in [1.54, 1.807) is 7.11 Å². The van der Waals surface area contributed by atoms with Crippen molar-refractivity contribution in [3.05, 3.63) is 35.4 Å². The van der Waals surface area contributed by atoms with Crippen molar-refractivity contribution < 1.29 is 9.53 Å². The standard InChI is InChI=1S/C16H23NO2/c1-3-13-4-6-15(7-5-13)16(18)11-17-9-8-14(10-17)12-19-2/h4-7,14H,3,8-12H2,1-2H3. The van der Waals surface area contributed by atoms with Gasteiger partial charge in [0.25, 0.3) is 0 Å². The molecule has 1 aromatic carbocycles. The molecule has 1 unspecified atom stereocenters. The Balaban J connectivity index is 1.87. The Labute approximate surface area is 115 Å². The number of rotatable bonds is 6. The summed E-state index contributed by atoms with van der Waals surface area (Å²) in [6.07, 6.45) is 2.15. The fraction of sp³-hybridized carbons (Fsp3) is 0.562. The highest BCUT2D eigenvalue weighted by molar-refractivity contribution is 5.97. The molecule has 0 bridgehead atoms. The summed E-state index contributed by atoms with van der Waals surface area (Å²) in [5.74, 6) is 0.806. The molecule has 19 heavy (non-hydrogen) atoms. The number of methoxy groups -OCH3 is 1. The molecule has 1 aromatic rings. The van der Waals surface area contributed by atoms with Gasteiger partial charge in [-0.15, -0.1) is 0 Å². The van der Waals surface area contributed by atoms with E-state index in [0.29, 0.717) is 12.5 Å². The third-order valence-corrected chi connectivity index (χ3v) is 3.82. The first-order chi connectivity index (χ1) is 9.22. The molecule has 2 rings (SSSR count). The van der Waals surface area contributed by atoms with Crippen LogP contribution in [0.2, 0.25) is 0 Å². The number of ketones is 1. The van der Waals surface area contributed by atoms with Crippen LogP contribution in [0.5, 0.6) is 0 Å². The first-order valence-corrected chi connectivity index (χ1v) is 7.06. The average Bonchev–Trinajstić information content (AvgIpc) is 2.86. The molecule has 3 heteroatoms. The Morgan fingerprint density at radius 2 is 2.11 bits per heavy atom. The van der Waals surface area contributed by atoms with Gasteiger partial charge in [-0.05, 0) is 30.9 Å². The number of Topliss-reactive ketones (excluding diaryl/α,β-unsaturated/α-hetero) is 1. The molecular formula is C16H23NO2. The van der Waals surface area contributed by atoms with E-state index in [1.165, 1.54) is 5.56 Å². The van der Waals surface area contributed by atoms with E-state index in [4.69, 9.17) is 4.74 Å². The molecule has 1 saturated heterocycles. The van der Waals surface area contributed by atoms with E-state index in [1.807, 2.05) is 24.3 Å². The molecule has 104 valence electrons. The highest BCUT2D eigenvalue weighted by atomic mass is 16.5. The van der Waals surface area contributed by atoms with Crippen LogP contribution < -0.4 is 0 Å². The van der Waals surface area contributed by atoms with Gasteiger partial charge in [-0.1, -0.05) is 31.2 Å². The maximum Gasteiger partial charge on any atom is 0.176 e. The van der Waals surface area contributed by atoms with E-state index in [0.717, 1.165) is 38.1 Å². The molecule has 0 radical (unpaired) electrons. The number of aryl methyl sites for hydroxylation is 1. The first kappa shape index (κ1) is 14.2. The second-order valence-electron chi connectivity index (χ2n) is 5.32. The average molecular weight is 261 g/mol. The van der Waals surface area contributed by atoms with Crippen LogP contribution in [-0.4, -0.2) is 44.0 Å². The summed E-state index contributed by atoms with van der Waals surface area (Å²) >= 11 is 0. The number of benzene rings is 1. The number of carbonyl (C=O) groups excluding carboxylic acids is 1. The van der Waals surface area contributed by atoms with Gasteiger partial charge in [0.05, 0.1) is 13.2 Å². The summed E-state index contributed by atoms with van der Waals surface area (Å²) in [5, 5.41) is 0. The molecular weight excluding hydrogens is 238 g/mol. The van der Waals surface area contributed by atoms with Crippen molar-refractivity contribution in [2.45, 2.75) is 19.8 Å². The van der Waals surface area contributed by atoms with Crippen LogP contribution in [0.3, 0.4) is 0 Å². The van der Waals surface area contributed by atoms with Crippen LogP contribution >= 0.6 is 0 Å². The van der Waals surface area contributed by atoms with Gasteiger partial charge >= 0.3 is 0 Å². The minimum atomic E-state index is 0.223. The predicted octanol–water partition coefficient (Wildman–Crippen LogP) is 2.40. The fourth-order valence-electron chi connectivity index (χ4n) is 2.65. The Kier molecular flexibility index (Phi) is 5.11. The van der Waals surface area contributed by atoms with Crippen LogP contribution in [0.25, 0.3) is 0 Å². The minimum Gasteiger partial charge on any atom is -0.384 e. The molecule has 1 atom stereocenters. The van der Waals surface area contributed by atoms with Gasteiger partial charge in [-0.25, -0.2) is 0 Å². The zero-order chi connectivity index (χ0) is 13.7. The van der Waals surface area contributed by atoms with Gasteiger partial charge in [-0.2, -0.15) is 0 Å². The summed E-state index contributed by atoms with van der Waals surface area (Å²) in [6, 6.07) is 7.99. The summed E-state index contributed by atoms with van der Waals surface area (Å²) in [7, 11) is 1.74. The van der Waals surface area contributed by atoms with E-state index in [-0.39, 0.29) is 5.78 Å². The van der Waals surface area contributed by atoms with Crippen LogP contribution in [0.1, 0.15) is 29.3 Å². The van der Waals surface area contributed by atoms with Crippen molar-refractivity contribution >= 4 is 5.78 Å². The Morgan fingerprint density at radius 3 is 2.74 bits per heavy atom. The van der Waals surface area contributed by atoms with Crippen LogP contribution in [0.4, 0.5) is 0 Å². The third-order valence-electron chi connectivity index (χ3n) is 3.82. The second-order valence-corrected chi connectivity index (χ2v) is 5.32. The SMILES string of the molecule is CCc1ccc(C(=O)CN2CCC(COC)C2)cc1. The lowest BCUT2D eigenvalue weighted by atomic mass is 10.1. The van der Waals surface area contributed by atoms with Crippen molar-refractivity contribution in [2.24, 2.45) is 5.92 Å². The molecule has 1 aliphatic heterocycles. The lowest BCUT2D eigenvalue weighted by Crippen LogP contribution is -2.28. The Morgan fingerprint density at radius 1 is 1.37 bits per heavy atom. The lowest BCUT2D eigenvalue weighted by Gasteiger charge is -2.15. The summed E-state index contributed by atoms with van der Waals surface area (Å²) in [4.78, 5) is 14.4. The van der Waals surface area contributed by atoms with Crippen molar-refractivity contribution in [1.29, 1.82) is 0 Å². The van der Waals surface area contributed by atoms with E-state index < -0.39 is 0 Å². The van der Waals surface area contributed by atoms with Crippen molar-refractivity contribution in [1.82, 2.24) is 4.90 Å². The van der Waals surface area contributed by atoms with Gasteiger partial charge in [0, 0.05) is 19.2 Å². The number of ether oxygens (including phenoxy) is 1. The van der Waals surface area contributed by atoms with E-state index >= 15 is 0 Å². The fourth-order valence-corrected chi connectivity index (χ4v) is 2.65. The molecule has 1 fully saturated rings. The van der Waals surface area contributed by atoms with Crippen molar-refractivity contribution in [3.8, 4) is 0 Å². The molecule has 3 nitrogen and oxygen atoms in total. The Hall–Kier alpha value is -1.19. The lowest BCUT2D eigenvalue weighted by molar-refractivity contribution is 0.0937. The number of hydrogen-bond acceptors (Lipinski definition) is 3. The smallest absolute Gasteiger partial charge is 0.176 e. The molecule has 0 aliphatic carbocycles. The molecule has 0 N–H and O–H groups in total. The molecule has 0 spiro atoms. The summed E-state index contributed by atoms with van der Waals surface area (Å²) in [5.41, 5.74) is 2.10. The van der Waals surface area contributed by atoms with Gasteiger partial charge in [0.15, 0.2) is 5.78 Å². The third kappa shape index (κ3) is 3.88. The van der Waals surface area contributed by atoms with E-state index in [2.05, 4.69) is 11.8 Å². The second kappa shape index (κ2) is 6.83. The summed E-state index contributed by atoms with van der Waals surface area (Å²) < 4.78 is 5.18. The van der Waals surface area contributed by atoms with Crippen LogP contribution in [0, 0.1) is 5.92 Å². The topological polar surface area (TPSA) is 29.5 Å². The quantitative estimate of drug-likeness (QED) is 0.736. The minimum absolute atomic E-state index is 0.223. The highest BCUT2D eigenvalue weighted by Crippen LogP contribution is 2.17. The number of likely N-dealkylation sites (tertiary alicyclic amines) is 1. The van der Waals surface area contributed by atoms with Gasteiger partial charge in [0.2, 0.25) is 0 Å². The number of hydrogen-bond donors (Lipinski definition) is 0. The highest BCUT2D eigenvalue weighted by Gasteiger charge is 2.24.